The number of nitrogens with zero attached hydrogens (tertiary/aromatic N) is 1. The first-order valence-electron chi connectivity index (χ1n) is 8.90. The third kappa shape index (κ3) is 3.88. The maximum atomic E-state index is 12.4. The predicted molar refractivity (Wildman–Crippen MR) is 110 cm³/mol. The largest absolute Gasteiger partial charge is 0.359 e. The van der Waals surface area contributed by atoms with Gasteiger partial charge in [0, 0.05) is 11.1 Å². The van der Waals surface area contributed by atoms with Crippen LogP contribution in [0.25, 0.3) is 0 Å². The van der Waals surface area contributed by atoms with Gasteiger partial charge in [-0.3, -0.25) is 0 Å². The minimum absolute atomic E-state index is 0.0190. The molecule has 1 unspecified atom stereocenters. The molecule has 6 nitrogen and oxygen atoms in total. The lowest BCUT2D eigenvalue weighted by Gasteiger charge is -2.18. The van der Waals surface area contributed by atoms with Gasteiger partial charge in [0.1, 0.15) is 6.17 Å². The topological polar surface area (TPSA) is 78.1 Å². The van der Waals surface area contributed by atoms with Crippen LogP contribution in [0.15, 0.2) is 59.4 Å². The average Bonchev–Trinajstić information content (AvgIpc) is 3.36. The first-order chi connectivity index (χ1) is 13.2. The van der Waals surface area contributed by atoms with Gasteiger partial charge < -0.3 is 21.3 Å². The molecule has 4 N–H and O–H groups in total. The van der Waals surface area contributed by atoms with Crippen LogP contribution in [0.4, 0.5) is 21.9 Å². The van der Waals surface area contributed by atoms with Crippen LogP contribution in [-0.4, -0.2) is 11.0 Å². The molecule has 0 spiro atoms. The van der Waals surface area contributed by atoms with Gasteiger partial charge >= 0.3 is 6.03 Å². The van der Waals surface area contributed by atoms with Crippen molar-refractivity contribution >= 4 is 34.4 Å². The van der Waals surface area contributed by atoms with Crippen LogP contribution in [-0.2, 0) is 0 Å². The summed E-state index contributed by atoms with van der Waals surface area (Å²) in [6.45, 7) is 2.06. The minimum atomic E-state index is -0.215. The minimum Gasteiger partial charge on any atom is -0.359 e. The fourth-order valence-electron chi connectivity index (χ4n) is 3.16. The standard InChI is InChI=1S/C20H21N5OS/c1-2-15(13-6-4-3-5-7-13)25-20(26)22-14-8-9-16-17(10-14)24-19(23-16)18-11-27-12-21-18/h3-12,15,19,23-24H,2H2,1H3,(H2,22,25,26)/t15-,19?/m1/s1. The second-order valence-corrected chi connectivity index (χ2v) is 7.08. The van der Waals surface area contributed by atoms with Gasteiger partial charge in [-0.2, -0.15) is 0 Å². The lowest BCUT2D eigenvalue weighted by molar-refractivity contribution is 0.248. The Hall–Kier alpha value is -3.06. The average molecular weight is 379 g/mol. The number of benzene rings is 2. The number of amides is 2. The van der Waals surface area contributed by atoms with Crippen LogP contribution in [0, 0.1) is 0 Å². The van der Waals surface area contributed by atoms with E-state index in [0.717, 1.165) is 34.7 Å². The molecule has 2 heterocycles. The number of fused-ring (bicyclic) bond motifs is 1. The smallest absolute Gasteiger partial charge is 0.319 e. The van der Waals surface area contributed by atoms with Gasteiger partial charge in [-0.15, -0.1) is 11.3 Å². The Morgan fingerprint density at radius 1 is 1.19 bits per heavy atom. The lowest BCUT2D eigenvalue weighted by atomic mass is 10.1. The van der Waals surface area contributed by atoms with Crippen molar-refractivity contribution in [3.63, 3.8) is 0 Å². The van der Waals surface area contributed by atoms with E-state index in [2.05, 4.69) is 33.2 Å². The third-order valence-electron chi connectivity index (χ3n) is 4.54. The number of thiazole rings is 1. The molecular weight excluding hydrogens is 358 g/mol. The van der Waals surface area contributed by atoms with Crippen molar-refractivity contribution in [2.75, 3.05) is 16.0 Å². The number of rotatable bonds is 5. The molecule has 0 aliphatic carbocycles. The van der Waals surface area contributed by atoms with Crippen molar-refractivity contribution < 1.29 is 4.79 Å². The fourth-order valence-corrected chi connectivity index (χ4v) is 3.74. The first kappa shape index (κ1) is 17.4. The number of hydrogen-bond acceptors (Lipinski definition) is 5. The van der Waals surface area contributed by atoms with Crippen molar-refractivity contribution in [3.8, 4) is 0 Å². The van der Waals surface area contributed by atoms with Crippen LogP contribution >= 0.6 is 11.3 Å². The number of anilines is 3. The van der Waals surface area contributed by atoms with E-state index in [4.69, 9.17) is 0 Å². The van der Waals surface area contributed by atoms with E-state index in [9.17, 15) is 4.79 Å². The molecule has 1 aliphatic heterocycles. The highest BCUT2D eigenvalue weighted by Crippen LogP contribution is 2.36. The highest BCUT2D eigenvalue weighted by atomic mass is 32.1. The summed E-state index contributed by atoms with van der Waals surface area (Å²) in [4.78, 5) is 16.8. The van der Waals surface area contributed by atoms with Crippen LogP contribution < -0.4 is 21.3 Å². The second-order valence-electron chi connectivity index (χ2n) is 6.37. The van der Waals surface area contributed by atoms with Gasteiger partial charge in [-0.1, -0.05) is 37.3 Å². The Kier molecular flexibility index (Phi) is 4.93. The SMILES string of the molecule is CC[C@@H](NC(=O)Nc1ccc2c(c1)NC(c1cscn1)N2)c1ccccc1. The van der Waals surface area contributed by atoms with Gasteiger partial charge in [0.25, 0.3) is 0 Å². The maximum absolute atomic E-state index is 12.4. The van der Waals surface area contributed by atoms with Gasteiger partial charge in [-0.05, 0) is 30.2 Å². The number of carbonyl (C=O) groups is 1. The van der Waals surface area contributed by atoms with E-state index in [0.29, 0.717) is 0 Å². The van der Waals surface area contributed by atoms with Crippen molar-refractivity contribution in [2.45, 2.75) is 25.6 Å². The highest BCUT2D eigenvalue weighted by Gasteiger charge is 2.22. The highest BCUT2D eigenvalue weighted by molar-refractivity contribution is 7.07. The summed E-state index contributed by atoms with van der Waals surface area (Å²) in [5, 5.41) is 14.7. The quantitative estimate of drug-likeness (QED) is 0.506. The summed E-state index contributed by atoms with van der Waals surface area (Å²) < 4.78 is 0. The van der Waals surface area contributed by atoms with Crippen LogP contribution in [0.3, 0.4) is 0 Å². The van der Waals surface area contributed by atoms with Gasteiger partial charge in [-0.25, -0.2) is 9.78 Å². The predicted octanol–water partition coefficient (Wildman–Crippen LogP) is 4.95. The van der Waals surface area contributed by atoms with Crippen molar-refractivity contribution in [2.24, 2.45) is 0 Å². The molecule has 138 valence electrons. The summed E-state index contributed by atoms with van der Waals surface area (Å²) >= 11 is 1.57. The monoisotopic (exact) mass is 379 g/mol. The molecule has 1 aromatic heterocycles. The maximum Gasteiger partial charge on any atom is 0.319 e. The molecule has 4 rings (SSSR count). The molecule has 3 aromatic rings. The molecule has 0 radical (unpaired) electrons. The van der Waals surface area contributed by atoms with E-state index in [1.54, 1.807) is 11.3 Å². The molecule has 27 heavy (non-hydrogen) atoms. The summed E-state index contributed by atoms with van der Waals surface area (Å²) in [5.41, 5.74) is 6.55. The Morgan fingerprint density at radius 2 is 2.00 bits per heavy atom. The zero-order valence-corrected chi connectivity index (χ0v) is 15.7. The molecule has 2 aromatic carbocycles. The molecule has 7 heteroatoms. The van der Waals surface area contributed by atoms with Crippen LogP contribution in [0.2, 0.25) is 0 Å². The normalized spacial score (nSPS) is 16.0. The molecule has 0 fully saturated rings. The van der Waals surface area contributed by atoms with E-state index >= 15 is 0 Å². The van der Waals surface area contributed by atoms with Gasteiger partial charge in [0.15, 0.2) is 0 Å². The van der Waals surface area contributed by atoms with E-state index in [1.165, 1.54) is 0 Å². The number of aromatic nitrogens is 1. The molecule has 0 saturated heterocycles. The molecule has 1 aliphatic rings. The fraction of sp³-hybridized carbons (Fsp3) is 0.200. The Balaban J connectivity index is 1.41. The van der Waals surface area contributed by atoms with Crippen molar-refractivity contribution in [3.05, 3.63) is 70.7 Å². The molecule has 2 atom stereocenters. The first-order valence-corrected chi connectivity index (χ1v) is 9.85. The zero-order chi connectivity index (χ0) is 18.6. The van der Waals surface area contributed by atoms with E-state index in [-0.39, 0.29) is 18.2 Å². The van der Waals surface area contributed by atoms with E-state index < -0.39 is 0 Å². The molecular formula is C20H21N5OS. The van der Waals surface area contributed by atoms with Gasteiger partial charge in [0.2, 0.25) is 0 Å². The van der Waals surface area contributed by atoms with Crippen molar-refractivity contribution in [1.29, 1.82) is 0 Å². The van der Waals surface area contributed by atoms with Crippen LogP contribution in [0.5, 0.6) is 0 Å². The molecule has 0 saturated carbocycles. The lowest BCUT2D eigenvalue weighted by Crippen LogP contribution is -2.32. The Morgan fingerprint density at radius 3 is 2.74 bits per heavy atom. The number of hydrogen-bond donors (Lipinski definition) is 4. The second kappa shape index (κ2) is 7.67. The Labute approximate surface area is 162 Å². The summed E-state index contributed by atoms with van der Waals surface area (Å²) in [6, 6.07) is 15.5. The van der Waals surface area contributed by atoms with Crippen LogP contribution in [0.1, 0.15) is 36.8 Å². The number of urea groups is 1. The Bertz CT molecular complexity index is 913. The summed E-state index contributed by atoms with van der Waals surface area (Å²) in [5.74, 6) is 0. The van der Waals surface area contributed by atoms with E-state index in [1.807, 2.05) is 59.4 Å². The summed E-state index contributed by atoms with van der Waals surface area (Å²) in [6.07, 6.45) is 0.778. The zero-order valence-electron chi connectivity index (χ0n) is 14.9. The summed E-state index contributed by atoms with van der Waals surface area (Å²) in [7, 11) is 0. The third-order valence-corrected chi connectivity index (χ3v) is 5.14. The molecule has 2 amide bonds. The molecule has 0 bridgehead atoms. The van der Waals surface area contributed by atoms with Crippen molar-refractivity contribution in [1.82, 2.24) is 10.3 Å². The number of carbonyl (C=O) groups excluding carboxylic acids is 1. The van der Waals surface area contributed by atoms with Gasteiger partial charge in [0.05, 0.1) is 28.6 Å². The number of nitrogens with one attached hydrogen (secondary N) is 4.